The van der Waals surface area contributed by atoms with Crippen molar-refractivity contribution in [3.05, 3.63) is 23.8 Å². The van der Waals surface area contributed by atoms with Gasteiger partial charge in [0.25, 0.3) is 5.91 Å². The lowest BCUT2D eigenvalue weighted by Crippen LogP contribution is -2.50. The number of nitrogens with one attached hydrogen (secondary N) is 1. The molecule has 0 aliphatic carbocycles. The second-order valence-electron chi connectivity index (χ2n) is 7.08. The molecule has 2 aromatic rings. The molecule has 1 aliphatic heterocycles. The molecule has 1 fully saturated rings. The first-order valence-electron chi connectivity index (χ1n) is 9.03. The highest BCUT2D eigenvalue weighted by Gasteiger charge is 2.30. The van der Waals surface area contributed by atoms with Crippen molar-refractivity contribution in [1.82, 2.24) is 30.1 Å². The van der Waals surface area contributed by atoms with E-state index in [9.17, 15) is 9.59 Å². The number of H-pyrrole nitrogens is 1. The van der Waals surface area contributed by atoms with Crippen molar-refractivity contribution >= 4 is 22.8 Å². The van der Waals surface area contributed by atoms with E-state index in [1.54, 1.807) is 35.0 Å². The molecule has 2 amide bonds. The molecule has 1 aromatic heterocycles. The summed E-state index contributed by atoms with van der Waals surface area (Å²) in [7, 11) is 5.74. The maximum Gasteiger partial charge on any atom is 0.254 e. The van der Waals surface area contributed by atoms with Crippen molar-refractivity contribution < 1.29 is 14.3 Å². The third-order valence-electron chi connectivity index (χ3n) is 4.77. The van der Waals surface area contributed by atoms with Gasteiger partial charge in [-0.3, -0.25) is 9.59 Å². The van der Waals surface area contributed by atoms with E-state index < -0.39 is 0 Å². The van der Waals surface area contributed by atoms with Crippen molar-refractivity contribution in [2.45, 2.75) is 12.5 Å². The number of morpholine rings is 1. The van der Waals surface area contributed by atoms with Crippen LogP contribution in [-0.2, 0) is 9.53 Å². The summed E-state index contributed by atoms with van der Waals surface area (Å²) in [6.45, 7) is 2.75. The van der Waals surface area contributed by atoms with Crippen LogP contribution < -0.4 is 0 Å². The molecule has 146 valence electrons. The zero-order valence-electron chi connectivity index (χ0n) is 16.0. The molecule has 2 heterocycles. The summed E-state index contributed by atoms with van der Waals surface area (Å²) in [4.78, 5) is 31.1. The zero-order chi connectivity index (χ0) is 19.4. The lowest BCUT2D eigenvalue weighted by Gasteiger charge is -2.36. The number of ether oxygens (including phenoxy) is 1. The topological polar surface area (TPSA) is 94.7 Å². The largest absolute Gasteiger partial charge is 0.377 e. The van der Waals surface area contributed by atoms with Crippen LogP contribution in [0.3, 0.4) is 0 Å². The molecule has 0 spiro atoms. The number of rotatable bonds is 6. The fraction of sp³-hybridized carbons (Fsp3) is 0.556. The van der Waals surface area contributed by atoms with E-state index in [4.69, 9.17) is 4.74 Å². The van der Waals surface area contributed by atoms with Crippen LogP contribution in [-0.4, -0.2) is 102 Å². The lowest BCUT2D eigenvalue weighted by molar-refractivity contribution is -0.132. The zero-order valence-corrected chi connectivity index (χ0v) is 16.0. The van der Waals surface area contributed by atoms with Crippen molar-refractivity contribution in [3.8, 4) is 0 Å². The Morgan fingerprint density at radius 2 is 2.00 bits per heavy atom. The monoisotopic (exact) mass is 374 g/mol. The predicted octanol–water partition coefficient (Wildman–Crippen LogP) is 0.209. The molecule has 27 heavy (non-hydrogen) atoms. The van der Waals surface area contributed by atoms with Crippen LogP contribution in [0, 0.1) is 0 Å². The number of hydrogen-bond donors (Lipinski definition) is 1. The summed E-state index contributed by atoms with van der Waals surface area (Å²) in [5, 5.41) is 10.6. The van der Waals surface area contributed by atoms with Crippen LogP contribution in [0.25, 0.3) is 11.0 Å². The van der Waals surface area contributed by atoms with Gasteiger partial charge in [0, 0.05) is 38.7 Å². The highest BCUT2D eigenvalue weighted by Crippen LogP contribution is 2.18. The van der Waals surface area contributed by atoms with E-state index in [-0.39, 0.29) is 24.3 Å². The van der Waals surface area contributed by atoms with Crippen LogP contribution in [0.5, 0.6) is 0 Å². The summed E-state index contributed by atoms with van der Waals surface area (Å²) >= 11 is 0. The SMILES string of the molecule is CN(C)CCN(C)C(=O)CC1COCCN1C(=O)c1ccc2n[nH]nc2c1. The molecule has 1 saturated heterocycles. The smallest absolute Gasteiger partial charge is 0.254 e. The number of likely N-dealkylation sites (N-methyl/N-ethyl adjacent to an activating group) is 2. The van der Waals surface area contributed by atoms with Gasteiger partial charge >= 0.3 is 0 Å². The van der Waals surface area contributed by atoms with Gasteiger partial charge in [0.15, 0.2) is 0 Å². The number of hydrogen-bond acceptors (Lipinski definition) is 6. The van der Waals surface area contributed by atoms with Gasteiger partial charge in [0.1, 0.15) is 11.0 Å². The van der Waals surface area contributed by atoms with Crippen molar-refractivity contribution in [3.63, 3.8) is 0 Å². The Kier molecular flexibility index (Phi) is 6.02. The molecule has 0 radical (unpaired) electrons. The van der Waals surface area contributed by atoms with Crippen molar-refractivity contribution in [2.24, 2.45) is 0 Å². The van der Waals surface area contributed by atoms with Crippen molar-refractivity contribution in [1.29, 1.82) is 0 Å². The molecule has 9 nitrogen and oxygen atoms in total. The van der Waals surface area contributed by atoms with Gasteiger partial charge in [0.05, 0.1) is 19.3 Å². The van der Waals surface area contributed by atoms with E-state index in [0.717, 1.165) is 6.54 Å². The fourth-order valence-electron chi connectivity index (χ4n) is 3.06. The molecule has 1 aliphatic rings. The van der Waals surface area contributed by atoms with Crippen LogP contribution in [0.4, 0.5) is 0 Å². The summed E-state index contributed by atoms with van der Waals surface area (Å²) in [6.07, 6.45) is 0.252. The minimum atomic E-state index is -0.270. The third-order valence-corrected chi connectivity index (χ3v) is 4.77. The van der Waals surface area contributed by atoms with Gasteiger partial charge in [-0.1, -0.05) is 0 Å². The van der Waals surface area contributed by atoms with E-state index in [1.807, 2.05) is 19.0 Å². The molecule has 9 heteroatoms. The molecule has 1 unspecified atom stereocenters. The standard InChI is InChI=1S/C18H26N6O3/c1-22(2)6-7-23(3)17(25)11-14-12-27-9-8-24(14)18(26)13-4-5-15-16(10-13)20-21-19-15/h4-5,10,14H,6-9,11-12H2,1-3H3,(H,19,20,21). The number of aromatic nitrogens is 3. The van der Waals surface area contributed by atoms with Crippen LogP contribution in [0.2, 0.25) is 0 Å². The van der Waals surface area contributed by atoms with E-state index in [0.29, 0.717) is 42.9 Å². The number of nitrogens with zero attached hydrogens (tertiary/aromatic N) is 5. The molecular formula is C18H26N6O3. The number of benzene rings is 1. The van der Waals surface area contributed by atoms with Gasteiger partial charge in [-0.25, -0.2) is 0 Å². The summed E-state index contributed by atoms with van der Waals surface area (Å²) in [5.74, 6) is -0.103. The quantitative estimate of drug-likeness (QED) is 0.777. The van der Waals surface area contributed by atoms with E-state index >= 15 is 0 Å². The first-order valence-corrected chi connectivity index (χ1v) is 9.03. The second kappa shape index (κ2) is 8.45. The second-order valence-corrected chi connectivity index (χ2v) is 7.08. The van der Waals surface area contributed by atoms with Gasteiger partial charge in [0.2, 0.25) is 5.91 Å². The van der Waals surface area contributed by atoms with Gasteiger partial charge in [-0.05, 0) is 32.3 Å². The Hall–Kier alpha value is -2.52. The predicted molar refractivity (Wildman–Crippen MR) is 100 cm³/mol. The first-order chi connectivity index (χ1) is 13.0. The first kappa shape index (κ1) is 19.2. The summed E-state index contributed by atoms with van der Waals surface area (Å²) < 4.78 is 5.53. The molecule has 1 aromatic carbocycles. The minimum Gasteiger partial charge on any atom is -0.377 e. The highest BCUT2D eigenvalue weighted by molar-refractivity contribution is 5.97. The van der Waals surface area contributed by atoms with Gasteiger partial charge in [-0.15, -0.1) is 0 Å². The average molecular weight is 374 g/mol. The van der Waals surface area contributed by atoms with Crippen LogP contribution >= 0.6 is 0 Å². The Morgan fingerprint density at radius 1 is 1.22 bits per heavy atom. The Balaban J connectivity index is 1.68. The third kappa shape index (κ3) is 4.61. The number of carbonyl (C=O) groups excluding carboxylic acids is 2. The number of carbonyl (C=O) groups is 2. The normalized spacial score (nSPS) is 17.5. The molecule has 1 atom stereocenters. The van der Waals surface area contributed by atoms with Gasteiger partial charge in [-0.2, -0.15) is 15.4 Å². The maximum atomic E-state index is 13.0. The molecule has 1 N–H and O–H groups in total. The fourth-order valence-corrected chi connectivity index (χ4v) is 3.06. The molecule has 0 bridgehead atoms. The lowest BCUT2D eigenvalue weighted by atomic mass is 10.1. The summed E-state index contributed by atoms with van der Waals surface area (Å²) in [6, 6.07) is 4.96. The highest BCUT2D eigenvalue weighted by atomic mass is 16.5. The molecule has 0 saturated carbocycles. The van der Waals surface area contributed by atoms with Crippen LogP contribution in [0.15, 0.2) is 18.2 Å². The number of aromatic amines is 1. The number of amides is 2. The molecular weight excluding hydrogens is 348 g/mol. The average Bonchev–Trinajstić information content (AvgIpc) is 3.13. The van der Waals surface area contributed by atoms with E-state index in [2.05, 4.69) is 15.4 Å². The Morgan fingerprint density at radius 3 is 2.78 bits per heavy atom. The minimum absolute atomic E-state index is 0.0112. The molecule has 3 rings (SSSR count). The Bertz CT molecular complexity index is 805. The van der Waals surface area contributed by atoms with Crippen LogP contribution in [0.1, 0.15) is 16.8 Å². The summed E-state index contributed by atoms with van der Waals surface area (Å²) in [5.41, 5.74) is 1.89. The van der Waals surface area contributed by atoms with E-state index in [1.165, 1.54) is 0 Å². The van der Waals surface area contributed by atoms with Crippen molar-refractivity contribution in [2.75, 3.05) is 54.0 Å². The maximum absolute atomic E-state index is 13.0. The Labute approximate surface area is 158 Å². The number of fused-ring (bicyclic) bond motifs is 1. The van der Waals surface area contributed by atoms with Gasteiger partial charge < -0.3 is 19.4 Å².